The van der Waals surface area contributed by atoms with E-state index in [1.54, 1.807) is 0 Å². The first-order valence-corrected chi connectivity index (χ1v) is 6.54. The molecule has 0 saturated carbocycles. The first-order chi connectivity index (χ1) is 7.97. The quantitative estimate of drug-likeness (QED) is 0.849. The minimum Gasteiger partial charge on any atom is -0.329 e. The highest BCUT2D eigenvalue weighted by atomic mass is 15.2. The molecule has 0 radical (unpaired) electrons. The maximum atomic E-state index is 5.93. The van der Waals surface area contributed by atoms with Crippen molar-refractivity contribution in [2.45, 2.75) is 45.7 Å². The second-order valence-electron chi connectivity index (χ2n) is 5.98. The van der Waals surface area contributed by atoms with Crippen molar-refractivity contribution < 1.29 is 0 Å². The molecule has 0 bridgehead atoms. The number of nitrogens with two attached hydrogens (primary N) is 1. The summed E-state index contributed by atoms with van der Waals surface area (Å²) in [6, 6.07) is 7.33. The van der Waals surface area contributed by atoms with Crippen molar-refractivity contribution in [3.05, 3.63) is 34.9 Å². The molecule has 0 aliphatic carbocycles. The Labute approximate surface area is 105 Å². The zero-order valence-corrected chi connectivity index (χ0v) is 11.5. The standard InChI is InChI=1S/C15H24N2/c1-5-17-10-11-6-7-12(15(2,3)4)8-13(11)14(17)9-16/h6-8,14H,5,9-10,16H2,1-4H3. The lowest BCUT2D eigenvalue weighted by atomic mass is 9.85. The minimum atomic E-state index is 0.216. The summed E-state index contributed by atoms with van der Waals surface area (Å²) >= 11 is 0. The predicted molar refractivity (Wildman–Crippen MR) is 73.0 cm³/mol. The van der Waals surface area contributed by atoms with Gasteiger partial charge in [0.2, 0.25) is 0 Å². The number of nitrogens with zero attached hydrogens (tertiary/aromatic N) is 1. The topological polar surface area (TPSA) is 29.3 Å². The molecule has 1 aliphatic rings. The Kier molecular flexibility index (Phi) is 3.28. The Morgan fingerprint density at radius 1 is 1.35 bits per heavy atom. The zero-order valence-electron chi connectivity index (χ0n) is 11.5. The lowest BCUT2D eigenvalue weighted by Crippen LogP contribution is -2.27. The van der Waals surface area contributed by atoms with Gasteiger partial charge in [-0.3, -0.25) is 4.90 Å². The number of likely N-dealkylation sites (N-methyl/N-ethyl adjacent to an activating group) is 1. The second-order valence-corrected chi connectivity index (χ2v) is 5.98. The van der Waals surface area contributed by atoms with Crippen molar-refractivity contribution in [2.75, 3.05) is 13.1 Å². The lowest BCUT2D eigenvalue weighted by molar-refractivity contribution is 0.232. The Morgan fingerprint density at radius 2 is 2.06 bits per heavy atom. The van der Waals surface area contributed by atoms with Crippen LogP contribution in [-0.4, -0.2) is 18.0 Å². The number of hydrogen-bond donors (Lipinski definition) is 1. The molecule has 2 heteroatoms. The third-order valence-electron chi connectivity index (χ3n) is 3.81. The monoisotopic (exact) mass is 232 g/mol. The van der Waals surface area contributed by atoms with Crippen molar-refractivity contribution in [1.82, 2.24) is 4.90 Å². The van der Waals surface area contributed by atoms with Gasteiger partial charge in [0, 0.05) is 19.1 Å². The average molecular weight is 232 g/mol. The summed E-state index contributed by atoms with van der Waals surface area (Å²) < 4.78 is 0. The van der Waals surface area contributed by atoms with Gasteiger partial charge in [-0.25, -0.2) is 0 Å². The summed E-state index contributed by atoms with van der Waals surface area (Å²) in [5, 5.41) is 0. The van der Waals surface area contributed by atoms with Crippen LogP contribution < -0.4 is 5.73 Å². The molecule has 94 valence electrons. The highest BCUT2D eigenvalue weighted by Crippen LogP contribution is 2.35. The van der Waals surface area contributed by atoms with Crippen molar-refractivity contribution in [3.8, 4) is 0 Å². The van der Waals surface area contributed by atoms with Crippen LogP contribution in [0, 0.1) is 0 Å². The summed E-state index contributed by atoms with van der Waals surface area (Å²) in [7, 11) is 0. The van der Waals surface area contributed by atoms with E-state index < -0.39 is 0 Å². The largest absolute Gasteiger partial charge is 0.329 e. The van der Waals surface area contributed by atoms with Gasteiger partial charge in [0.05, 0.1) is 0 Å². The third kappa shape index (κ3) is 2.24. The molecule has 0 aromatic heterocycles. The van der Waals surface area contributed by atoms with E-state index in [0.717, 1.165) is 13.1 Å². The van der Waals surface area contributed by atoms with Crippen LogP contribution in [0.2, 0.25) is 0 Å². The highest BCUT2D eigenvalue weighted by Gasteiger charge is 2.29. The van der Waals surface area contributed by atoms with E-state index in [1.807, 2.05) is 0 Å². The number of fused-ring (bicyclic) bond motifs is 1. The lowest BCUT2D eigenvalue weighted by Gasteiger charge is -2.23. The van der Waals surface area contributed by atoms with Gasteiger partial charge < -0.3 is 5.73 Å². The van der Waals surface area contributed by atoms with Crippen LogP contribution in [0.1, 0.15) is 50.4 Å². The van der Waals surface area contributed by atoms with E-state index >= 15 is 0 Å². The normalized spacial score (nSPS) is 20.6. The van der Waals surface area contributed by atoms with Crippen LogP contribution in [0.25, 0.3) is 0 Å². The summed E-state index contributed by atoms with van der Waals surface area (Å²) in [4.78, 5) is 2.46. The molecule has 1 aromatic carbocycles. The summed E-state index contributed by atoms with van der Waals surface area (Å²) in [5.74, 6) is 0. The molecule has 0 fully saturated rings. The molecule has 1 aliphatic heterocycles. The van der Waals surface area contributed by atoms with E-state index in [-0.39, 0.29) is 5.41 Å². The van der Waals surface area contributed by atoms with Crippen molar-refractivity contribution in [2.24, 2.45) is 5.73 Å². The SMILES string of the molecule is CCN1Cc2ccc(C(C)(C)C)cc2C1CN. The fraction of sp³-hybridized carbons (Fsp3) is 0.600. The fourth-order valence-corrected chi connectivity index (χ4v) is 2.65. The van der Waals surface area contributed by atoms with Crippen molar-refractivity contribution >= 4 is 0 Å². The van der Waals surface area contributed by atoms with Crippen LogP contribution >= 0.6 is 0 Å². The molecule has 0 spiro atoms. The predicted octanol–water partition coefficient (Wildman–Crippen LogP) is 2.82. The molecular formula is C15H24N2. The van der Waals surface area contributed by atoms with Gasteiger partial charge in [0.25, 0.3) is 0 Å². The molecule has 0 amide bonds. The molecule has 2 nitrogen and oxygen atoms in total. The number of rotatable bonds is 2. The van der Waals surface area contributed by atoms with Gasteiger partial charge in [-0.2, -0.15) is 0 Å². The van der Waals surface area contributed by atoms with E-state index in [9.17, 15) is 0 Å². The van der Waals surface area contributed by atoms with E-state index in [0.29, 0.717) is 12.6 Å². The van der Waals surface area contributed by atoms with Crippen LogP contribution in [0.4, 0.5) is 0 Å². The molecule has 17 heavy (non-hydrogen) atoms. The van der Waals surface area contributed by atoms with Gasteiger partial charge in [-0.05, 0) is 28.7 Å². The molecule has 0 saturated heterocycles. The molecule has 1 unspecified atom stereocenters. The van der Waals surface area contributed by atoms with Gasteiger partial charge in [-0.1, -0.05) is 45.9 Å². The van der Waals surface area contributed by atoms with Gasteiger partial charge in [-0.15, -0.1) is 0 Å². The summed E-state index contributed by atoms with van der Waals surface area (Å²) in [6.45, 7) is 11.8. The van der Waals surface area contributed by atoms with Gasteiger partial charge in [0.1, 0.15) is 0 Å². The summed E-state index contributed by atoms with van der Waals surface area (Å²) in [5.41, 5.74) is 10.5. The Morgan fingerprint density at radius 3 is 2.59 bits per heavy atom. The number of benzene rings is 1. The molecule has 1 atom stereocenters. The first-order valence-electron chi connectivity index (χ1n) is 6.54. The highest BCUT2D eigenvalue weighted by molar-refractivity contribution is 5.40. The van der Waals surface area contributed by atoms with Crippen LogP contribution in [0.15, 0.2) is 18.2 Å². The van der Waals surface area contributed by atoms with Crippen molar-refractivity contribution in [3.63, 3.8) is 0 Å². The third-order valence-corrected chi connectivity index (χ3v) is 3.81. The van der Waals surface area contributed by atoms with Crippen LogP contribution in [0.5, 0.6) is 0 Å². The molecule has 2 N–H and O–H groups in total. The van der Waals surface area contributed by atoms with E-state index in [2.05, 4.69) is 50.8 Å². The molecule has 1 aromatic rings. The average Bonchev–Trinajstić information content (AvgIpc) is 2.64. The van der Waals surface area contributed by atoms with Crippen LogP contribution in [0.3, 0.4) is 0 Å². The van der Waals surface area contributed by atoms with E-state index in [1.165, 1.54) is 16.7 Å². The zero-order chi connectivity index (χ0) is 12.6. The molecular weight excluding hydrogens is 208 g/mol. The van der Waals surface area contributed by atoms with E-state index in [4.69, 9.17) is 5.73 Å². The molecule has 2 rings (SSSR count). The van der Waals surface area contributed by atoms with Gasteiger partial charge >= 0.3 is 0 Å². The maximum Gasteiger partial charge on any atom is 0.0477 e. The van der Waals surface area contributed by atoms with Crippen molar-refractivity contribution in [1.29, 1.82) is 0 Å². The van der Waals surface area contributed by atoms with Crippen LogP contribution in [-0.2, 0) is 12.0 Å². The fourth-order valence-electron chi connectivity index (χ4n) is 2.65. The Bertz CT molecular complexity index is 404. The minimum absolute atomic E-state index is 0.216. The smallest absolute Gasteiger partial charge is 0.0477 e. The Hall–Kier alpha value is -0.860. The first kappa shape index (κ1) is 12.6. The maximum absolute atomic E-state index is 5.93. The second kappa shape index (κ2) is 4.43. The number of hydrogen-bond acceptors (Lipinski definition) is 2. The molecule has 1 heterocycles. The summed E-state index contributed by atoms with van der Waals surface area (Å²) in [6.07, 6.45) is 0. The van der Waals surface area contributed by atoms with Gasteiger partial charge in [0.15, 0.2) is 0 Å². The Balaban J connectivity index is 2.40.